The zero-order chi connectivity index (χ0) is 18.4. The summed E-state index contributed by atoms with van der Waals surface area (Å²) in [4.78, 5) is 37.6. The first kappa shape index (κ1) is 18.7. The van der Waals surface area contributed by atoms with Crippen LogP contribution in [0.3, 0.4) is 0 Å². The fourth-order valence-corrected chi connectivity index (χ4v) is 3.40. The van der Waals surface area contributed by atoms with Crippen LogP contribution < -0.4 is 5.48 Å². The van der Waals surface area contributed by atoms with Gasteiger partial charge in [0, 0.05) is 6.54 Å². The van der Waals surface area contributed by atoms with Gasteiger partial charge in [0.15, 0.2) is 0 Å². The van der Waals surface area contributed by atoms with Crippen LogP contribution in [0.1, 0.15) is 44.6 Å². The molecule has 2 fully saturated rings. The Hall–Kier alpha value is -2.12. The number of carbonyl (C=O) groups excluding carboxylic acids is 2. The molecule has 3 amide bonds. The minimum absolute atomic E-state index is 0.000680. The molecular weight excluding hydrogens is 334 g/mol. The second-order valence-electron chi connectivity index (χ2n) is 6.79. The lowest BCUT2D eigenvalue weighted by molar-refractivity contribution is -0.141. The monoisotopic (exact) mass is 361 g/mol. The highest BCUT2D eigenvalue weighted by atomic mass is 16.7. The number of unbranched alkanes of at least 4 members (excludes halogenated alkanes) is 2. The van der Waals surface area contributed by atoms with Crippen LogP contribution in [0.2, 0.25) is 0 Å². The lowest BCUT2D eigenvalue weighted by Crippen LogP contribution is -2.49. The van der Waals surface area contributed by atoms with Crippen LogP contribution in [-0.4, -0.2) is 47.1 Å². The van der Waals surface area contributed by atoms with Gasteiger partial charge in [-0.3, -0.25) is 14.5 Å². The van der Waals surface area contributed by atoms with E-state index in [0.717, 1.165) is 31.2 Å². The average Bonchev–Trinajstić information content (AvgIpc) is 2.91. The minimum atomic E-state index is -0.491. The lowest BCUT2D eigenvalue weighted by Gasteiger charge is -2.28. The normalized spacial score (nSPS) is 22.0. The van der Waals surface area contributed by atoms with Crippen molar-refractivity contribution in [1.29, 1.82) is 0 Å². The Morgan fingerprint density at radius 1 is 1.23 bits per heavy atom. The standard InChI is InChI=1S/C19H27N3O4/c1-2-3-7-12-25-20-18(23)17-11-10-16-13-21(17)19(24)22(16)26-14-15-8-5-4-6-9-15/h4-6,8-9,16-17H,2-3,7,10-14H2,1H3,(H,20,23)/t16-,17+/m1/s1. The van der Waals surface area contributed by atoms with Gasteiger partial charge in [-0.2, -0.15) is 5.06 Å². The fourth-order valence-electron chi connectivity index (χ4n) is 3.40. The number of nitrogens with one attached hydrogen (secondary N) is 1. The molecule has 0 spiro atoms. The van der Waals surface area contributed by atoms with Gasteiger partial charge in [0.05, 0.1) is 12.6 Å². The number of carbonyl (C=O) groups is 2. The van der Waals surface area contributed by atoms with E-state index in [2.05, 4.69) is 12.4 Å². The number of hydrogen-bond acceptors (Lipinski definition) is 4. The first-order valence-electron chi connectivity index (χ1n) is 9.39. The number of amides is 3. The Kier molecular flexibility index (Phi) is 6.46. The summed E-state index contributed by atoms with van der Waals surface area (Å²) >= 11 is 0. The van der Waals surface area contributed by atoms with Crippen LogP contribution >= 0.6 is 0 Å². The van der Waals surface area contributed by atoms with Gasteiger partial charge in [-0.15, -0.1) is 0 Å². The number of piperidine rings is 1. The maximum Gasteiger partial charge on any atom is 0.345 e. The smallest absolute Gasteiger partial charge is 0.309 e. The molecule has 7 nitrogen and oxygen atoms in total. The molecule has 0 unspecified atom stereocenters. The predicted octanol–water partition coefficient (Wildman–Crippen LogP) is 2.62. The van der Waals surface area contributed by atoms with Crippen molar-refractivity contribution in [2.24, 2.45) is 0 Å². The zero-order valence-corrected chi connectivity index (χ0v) is 15.2. The zero-order valence-electron chi connectivity index (χ0n) is 15.2. The highest BCUT2D eigenvalue weighted by Gasteiger charge is 2.47. The summed E-state index contributed by atoms with van der Waals surface area (Å²) in [7, 11) is 0. The van der Waals surface area contributed by atoms with Gasteiger partial charge in [-0.1, -0.05) is 50.1 Å². The molecule has 0 radical (unpaired) electrons. The largest absolute Gasteiger partial charge is 0.345 e. The van der Waals surface area contributed by atoms with Crippen molar-refractivity contribution in [3.05, 3.63) is 35.9 Å². The number of urea groups is 1. The van der Waals surface area contributed by atoms with Gasteiger partial charge in [-0.25, -0.2) is 10.3 Å². The maximum absolute atomic E-state index is 12.6. The maximum atomic E-state index is 12.6. The van der Waals surface area contributed by atoms with Crippen molar-refractivity contribution in [2.75, 3.05) is 13.2 Å². The van der Waals surface area contributed by atoms with E-state index in [9.17, 15) is 9.59 Å². The number of benzene rings is 1. The molecule has 2 aliphatic heterocycles. The topological polar surface area (TPSA) is 71.1 Å². The molecule has 2 bridgehead atoms. The van der Waals surface area contributed by atoms with Crippen LogP contribution in [0.15, 0.2) is 30.3 Å². The molecule has 0 aromatic heterocycles. The quantitative estimate of drug-likeness (QED) is 0.542. The van der Waals surface area contributed by atoms with Crippen LogP contribution in [0.4, 0.5) is 4.79 Å². The Labute approximate surface area is 154 Å². The minimum Gasteiger partial charge on any atom is -0.309 e. The highest BCUT2D eigenvalue weighted by Crippen LogP contribution is 2.30. The van der Waals surface area contributed by atoms with Crippen molar-refractivity contribution in [2.45, 2.75) is 57.7 Å². The van der Waals surface area contributed by atoms with Crippen LogP contribution in [-0.2, 0) is 21.1 Å². The first-order chi connectivity index (χ1) is 12.7. The van der Waals surface area contributed by atoms with Crippen molar-refractivity contribution < 1.29 is 19.3 Å². The first-order valence-corrected chi connectivity index (χ1v) is 9.39. The van der Waals surface area contributed by atoms with E-state index in [1.165, 1.54) is 5.06 Å². The fraction of sp³-hybridized carbons (Fsp3) is 0.579. The molecule has 2 saturated heterocycles. The molecule has 2 atom stereocenters. The SMILES string of the molecule is CCCCCONC(=O)[C@@H]1CC[C@@H]2CN1C(=O)N2OCc1ccccc1. The van der Waals surface area contributed by atoms with Crippen molar-refractivity contribution >= 4 is 11.9 Å². The van der Waals surface area contributed by atoms with Crippen LogP contribution in [0, 0.1) is 0 Å². The van der Waals surface area contributed by atoms with Gasteiger partial charge in [0.1, 0.15) is 12.6 Å². The van der Waals surface area contributed by atoms with E-state index in [0.29, 0.717) is 26.2 Å². The van der Waals surface area contributed by atoms with E-state index in [1.807, 2.05) is 30.3 Å². The highest BCUT2D eigenvalue weighted by molar-refractivity contribution is 5.88. The van der Waals surface area contributed by atoms with Crippen molar-refractivity contribution in [3.63, 3.8) is 0 Å². The third-order valence-electron chi connectivity index (χ3n) is 4.86. The molecule has 2 heterocycles. The number of fused-ring (bicyclic) bond motifs is 2. The summed E-state index contributed by atoms with van der Waals surface area (Å²) in [5.74, 6) is -0.252. The second-order valence-corrected chi connectivity index (χ2v) is 6.79. The molecule has 7 heteroatoms. The molecule has 26 heavy (non-hydrogen) atoms. The van der Waals surface area contributed by atoms with Gasteiger partial charge >= 0.3 is 6.03 Å². The molecule has 0 saturated carbocycles. The molecule has 1 aromatic rings. The summed E-state index contributed by atoms with van der Waals surface area (Å²) in [6, 6.07) is 9.00. The van der Waals surface area contributed by atoms with Crippen LogP contribution in [0.25, 0.3) is 0 Å². The van der Waals surface area contributed by atoms with E-state index >= 15 is 0 Å². The summed E-state index contributed by atoms with van der Waals surface area (Å²) in [6.45, 7) is 3.46. The van der Waals surface area contributed by atoms with Gasteiger partial charge in [0.25, 0.3) is 5.91 Å². The van der Waals surface area contributed by atoms with Crippen molar-refractivity contribution in [1.82, 2.24) is 15.4 Å². The summed E-state index contributed by atoms with van der Waals surface area (Å²) in [5, 5.41) is 1.43. The molecule has 1 aromatic carbocycles. The molecule has 3 rings (SSSR count). The predicted molar refractivity (Wildman–Crippen MR) is 95.6 cm³/mol. The van der Waals surface area contributed by atoms with E-state index in [4.69, 9.17) is 9.68 Å². The second kappa shape index (κ2) is 9.00. The van der Waals surface area contributed by atoms with E-state index < -0.39 is 6.04 Å². The average molecular weight is 361 g/mol. The van der Waals surface area contributed by atoms with Gasteiger partial charge < -0.3 is 4.90 Å². The molecule has 142 valence electrons. The number of hydroxylamine groups is 3. The third kappa shape index (κ3) is 4.34. The van der Waals surface area contributed by atoms with Crippen LogP contribution in [0.5, 0.6) is 0 Å². The van der Waals surface area contributed by atoms with E-state index in [-0.39, 0.29) is 18.0 Å². The molecule has 0 aliphatic carbocycles. The lowest BCUT2D eigenvalue weighted by atomic mass is 10.0. The number of nitrogens with zero attached hydrogens (tertiary/aromatic N) is 2. The Morgan fingerprint density at radius 2 is 2.04 bits per heavy atom. The summed E-state index contributed by atoms with van der Waals surface area (Å²) in [6.07, 6.45) is 4.44. The molecule has 1 N–H and O–H groups in total. The van der Waals surface area contributed by atoms with Gasteiger partial charge in [0.2, 0.25) is 0 Å². The Morgan fingerprint density at radius 3 is 2.81 bits per heavy atom. The molecule has 2 aliphatic rings. The summed E-state index contributed by atoms with van der Waals surface area (Å²) in [5.41, 5.74) is 3.50. The van der Waals surface area contributed by atoms with Gasteiger partial charge in [-0.05, 0) is 24.8 Å². The van der Waals surface area contributed by atoms with Crippen molar-refractivity contribution in [3.8, 4) is 0 Å². The number of hydrogen-bond donors (Lipinski definition) is 1. The third-order valence-corrected chi connectivity index (χ3v) is 4.86. The Bertz CT molecular complexity index is 610. The number of rotatable bonds is 9. The summed E-state index contributed by atoms with van der Waals surface area (Å²) < 4.78 is 0. The van der Waals surface area contributed by atoms with E-state index in [1.54, 1.807) is 4.90 Å². The Balaban J connectivity index is 1.50. The molecular formula is C19H27N3O4.